The van der Waals surface area contributed by atoms with Crippen LogP contribution in [-0.4, -0.2) is 44.3 Å². The maximum atomic E-state index is 13.4. The smallest absolute Gasteiger partial charge is 0.123 e. The van der Waals surface area contributed by atoms with Gasteiger partial charge in [0.25, 0.3) is 0 Å². The van der Waals surface area contributed by atoms with Crippen molar-refractivity contribution in [2.24, 2.45) is 5.92 Å². The summed E-state index contributed by atoms with van der Waals surface area (Å²) in [7, 11) is 0. The zero-order valence-corrected chi connectivity index (χ0v) is 18.4. The maximum absolute atomic E-state index is 13.4. The average molecular weight is 432 g/mol. The fraction of sp³-hybridized carbons (Fsp3) is 0.385. The van der Waals surface area contributed by atoms with Crippen LogP contribution in [0.4, 0.5) is 4.39 Å². The van der Waals surface area contributed by atoms with Crippen LogP contribution in [0.5, 0.6) is 0 Å². The summed E-state index contributed by atoms with van der Waals surface area (Å²) in [6.07, 6.45) is 12.5. The molecule has 0 bridgehead atoms. The molecule has 0 radical (unpaired) electrons. The molecule has 3 heterocycles. The quantitative estimate of drug-likeness (QED) is 0.419. The van der Waals surface area contributed by atoms with E-state index in [1.165, 1.54) is 54.9 Å². The van der Waals surface area contributed by atoms with Crippen LogP contribution in [0.2, 0.25) is 0 Å². The molecular weight excluding hydrogens is 401 g/mol. The molecular formula is C26H30FN5. The Kier molecular flexibility index (Phi) is 6.30. The zero-order valence-electron chi connectivity index (χ0n) is 18.4. The first-order valence-electron chi connectivity index (χ1n) is 11.7. The zero-order chi connectivity index (χ0) is 21.8. The minimum absolute atomic E-state index is 0.123. The van der Waals surface area contributed by atoms with Gasteiger partial charge in [0.1, 0.15) is 18.5 Å². The number of nitrogens with zero attached hydrogens (tertiary/aromatic N) is 4. The van der Waals surface area contributed by atoms with Crippen molar-refractivity contribution in [3.63, 3.8) is 0 Å². The molecule has 5 rings (SSSR count). The van der Waals surface area contributed by atoms with E-state index >= 15 is 0 Å². The predicted octanol–water partition coefficient (Wildman–Crippen LogP) is 5.17. The van der Waals surface area contributed by atoms with E-state index in [-0.39, 0.29) is 5.82 Å². The summed E-state index contributed by atoms with van der Waals surface area (Å²) in [6, 6.07) is 13.5. The highest BCUT2D eigenvalue weighted by Gasteiger charge is 2.19. The summed E-state index contributed by atoms with van der Waals surface area (Å²) in [5.41, 5.74) is 4.76. The number of aryl methyl sites for hydroxylation is 2. The van der Waals surface area contributed by atoms with Gasteiger partial charge in [0, 0.05) is 22.8 Å². The van der Waals surface area contributed by atoms with Crippen LogP contribution in [0.25, 0.3) is 16.6 Å². The maximum Gasteiger partial charge on any atom is 0.123 e. The van der Waals surface area contributed by atoms with E-state index in [1.54, 1.807) is 18.7 Å². The minimum atomic E-state index is -0.123. The summed E-state index contributed by atoms with van der Waals surface area (Å²) in [6.45, 7) is 3.51. The first-order chi connectivity index (χ1) is 15.7. The van der Waals surface area contributed by atoms with E-state index in [4.69, 9.17) is 0 Å². The number of aromatic nitrogens is 4. The van der Waals surface area contributed by atoms with Gasteiger partial charge in [0.15, 0.2) is 0 Å². The molecule has 32 heavy (non-hydrogen) atoms. The van der Waals surface area contributed by atoms with Gasteiger partial charge in [-0.1, -0.05) is 12.1 Å². The second-order valence-electron chi connectivity index (χ2n) is 8.97. The molecule has 5 nitrogen and oxygen atoms in total. The van der Waals surface area contributed by atoms with Crippen LogP contribution in [0.1, 0.15) is 36.8 Å². The third-order valence-corrected chi connectivity index (χ3v) is 6.83. The van der Waals surface area contributed by atoms with E-state index in [2.05, 4.69) is 44.5 Å². The second-order valence-corrected chi connectivity index (χ2v) is 8.97. The number of hydrogen-bond acceptors (Lipinski definition) is 3. The Morgan fingerprint density at radius 3 is 2.66 bits per heavy atom. The third kappa shape index (κ3) is 4.91. The van der Waals surface area contributed by atoms with Gasteiger partial charge in [-0.15, -0.1) is 10.2 Å². The van der Waals surface area contributed by atoms with Gasteiger partial charge in [0.05, 0.1) is 0 Å². The van der Waals surface area contributed by atoms with Crippen molar-refractivity contribution < 1.29 is 4.39 Å². The van der Waals surface area contributed by atoms with E-state index in [1.807, 2.05) is 16.7 Å². The van der Waals surface area contributed by atoms with Gasteiger partial charge in [-0.2, -0.15) is 0 Å². The molecule has 0 aliphatic carbocycles. The standard InChI is InChI=1S/C26H30FN5/c27-23-5-1-3-21(15-23)7-6-20-10-13-31(14-11-20)12-2-4-22-17-28-26-9-8-24(16-25(22)26)32-18-29-30-19-32/h1,3,5,8-9,15-20,28H,2,4,6-7,10-14H2. The first-order valence-corrected chi connectivity index (χ1v) is 11.7. The Morgan fingerprint density at radius 1 is 1.00 bits per heavy atom. The number of benzene rings is 2. The number of hydrogen-bond donors (Lipinski definition) is 1. The highest BCUT2D eigenvalue weighted by atomic mass is 19.1. The van der Waals surface area contributed by atoms with Crippen molar-refractivity contribution in [1.29, 1.82) is 0 Å². The van der Waals surface area contributed by atoms with Crippen LogP contribution in [-0.2, 0) is 12.8 Å². The van der Waals surface area contributed by atoms with Gasteiger partial charge < -0.3 is 9.88 Å². The molecule has 0 amide bonds. The normalized spacial score (nSPS) is 15.5. The summed E-state index contributed by atoms with van der Waals surface area (Å²) < 4.78 is 15.3. The predicted molar refractivity (Wildman–Crippen MR) is 125 cm³/mol. The lowest BCUT2D eigenvalue weighted by atomic mass is 9.90. The number of rotatable bonds is 8. The van der Waals surface area contributed by atoms with E-state index in [0.29, 0.717) is 0 Å². The van der Waals surface area contributed by atoms with Gasteiger partial charge in [0.2, 0.25) is 0 Å². The molecule has 1 N–H and O–H groups in total. The summed E-state index contributed by atoms with van der Waals surface area (Å²) in [5, 5.41) is 9.11. The van der Waals surface area contributed by atoms with E-state index < -0.39 is 0 Å². The van der Waals surface area contributed by atoms with Crippen LogP contribution in [0, 0.1) is 11.7 Å². The Morgan fingerprint density at radius 2 is 1.84 bits per heavy atom. The molecule has 0 atom stereocenters. The Balaban J connectivity index is 1.09. The van der Waals surface area contributed by atoms with Gasteiger partial charge >= 0.3 is 0 Å². The molecule has 1 aliphatic heterocycles. The van der Waals surface area contributed by atoms with Crippen molar-refractivity contribution in [3.05, 3.63) is 78.3 Å². The lowest BCUT2D eigenvalue weighted by molar-refractivity contribution is 0.178. The molecule has 0 unspecified atom stereocenters. The van der Waals surface area contributed by atoms with Crippen molar-refractivity contribution in [3.8, 4) is 5.69 Å². The van der Waals surface area contributed by atoms with Gasteiger partial charge in [-0.25, -0.2) is 4.39 Å². The number of nitrogens with one attached hydrogen (secondary N) is 1. The first kappa shape index (κ1) is 20.9. The molecule has 0 saturated carbocycles. The largest absolute Gasteiger partial charge is 0.361 e. The molecule has 4 aromatic rings. The Labute approximate surface area is 188 Å². The lowest BCUT2D eigenvalue weighted by Crippen LogP contribution is -2.34. The molecule has 2 aromatic heterocycles. The molecule has 6 heteroatoms. The highest BCUT2D eigenvalue weighted by Crippen LogP contribution is 2.25. The SMILES string of the molecule is Fc1cccc(CCC2CCN(CCCc3c[nH]c4ccc(-n5cnnc5)cc34)CC2)c1. The lowest BCUT2D eigenvalue weighted by Gasteiger charge is -2.32. The second kappa shape index (κ2) is 9.65. The van der Waals surface area contributed by atoms with Crippen LogP contribution in [0.15, 0.2) is 61.3 Å². The number of aromatic amines is 1. The third-order valence-electron chi connectivity index (χ3n) is 6.83. The average Bonchev–Trinajstić information content (AvgIpc) is 3.49. The van der Waals surface area contributed by atoms with Crippen LogP contribution >= 0.6 is 0 Å². The van der Waals surface area contributed by atoms with Crippen LogP contribution < -0.4 is 0 Å². The molecule has 0 spiro atoms. The number of H-pyrrole nitrogens is 1. The molecule has 1 aliphatic rings. The number of likely N-dealkylation sites (tertiary alicyclic amines) is 1. The van der Waals surface area contributed by atoms with Gasteiger partial charge in [-0.3, -0.25) is 4.57 Å². The molecule has 1 saturated heterocycles. The summed E-state index contributed by atoms with van der Waals surface area (Å²) >= 11 is 0. The minimum Gasteiger partial charge on any atom is -0.361 e. The topological polar surface area (TPSA) is 49.7 Å². The van der Waals surface area contributed by atoms with Crippen molar-refractivity contribution in [1.82, 2.24) is 24.6 Å². The number of piperidine rings is 1. The fourth-order valence-electron chi connectivity index (χ4n) is 4.92. The Hall–Kier alpha value is -2.99. The highest BCUT2D eigenvalue weighted by molar-refractivity contribution is 5.85. The molecule has 166 valence electrons. The number of halogens is 1. The van der Waals surface area contributed by atoms with E-state index in [0.717, 1.165) is 43.0 Å². The van der Waals surface area contributed by atoms with Crippen molar-refractivity contribution in [2.75, 3.05) is 19.6 Å². The fourth-order valence-corrected chi connectivity index (χ4v) is 4.92. The number of fused-ring (bicyclic) bond motifs is 1. The summed E-state index contributed by atoms with van der Waals surface area (Å²) in [5.74, 6) is 0.640. The summed E-state index contributed by atoms with van der Waals surface area (Å²) in [4.78, 5) is 6.02. The van der Waals surface area contributed by atoms with Crippen molar-refractivity contribution in [2.45, 2.75) is 38.5 Å². The molecule has 2 aromatic carbocycles. The van der Waals surface area contributed by atoms with Gasteiger partial charge in [-0.05, 0) is 106 Å². The molecule has 1 fully saturated rings. The van der Waals surface area contributed by atoms with Crippen LogP contribution in [0.3, 0.4) is 0 Å². The van der Waals surface area contributed by atoms with Crippen molar-refractivity contribution >= 4 is 10.9 Å². The monoisotopic (exact) mass is 431 g/mol. The Bertz CT molecular complexity index is 1140. The van der Waals surface area contributed by atoms with E-state index in [9.17, 15) is 4.39 Å².